The van der Waals surface area contributed by atoms with Crippen LogP contribution in [-0.4, -0.2) is 78.3 Å². The molecule has 0 aromatic heterocycles. The molecule has 1 heterocycles. The van der Waals surface area contributed by atoms with E-state index in [0.717, 1.165) is 12.5 Å². The Labute approximate surface area is 228 Å². The first kappa shape index (κ1) is 31.3. The average molecular weight is 578 g/mol. The number of nitrogens with one attached hydrogen (secondary N) is 1. The summed E-state index contributed by atoms with van der Waals surface area (Å²) in [4.78, 5) is 30.0. The van der Waals surface area contributed by atoms with Crippen molar-refractivity contribution in [2.24, 2.45) is 5.92 Å². The molecule has 12 heteroatoms. The van der Waals surface area contributed by atoms with E-state index in [4.69, 9.17) is 0 Å². The molecule has 1 aromatic rings. The van der Waals surface area contributed by atoms with Gasteiger partial charge in [0.2, 0.25) is 5.91 Å². The normalized spacial score (nSPS) is 25.0. The molecule has 1 saturated heterocycles. The van der Waals surface area contributed by atoms with Crippen molar-refractivity contribution in [3.8, 4) is 0 Å². The van der Waals surface area contributed by atoms with Gasteiger partial charge in [0, 0.05) is 30.2 Å². The molecule has 7 nitrogen and oxygen atoms in total. The summed E-state index contributed by atoms with van der Waals surface area (Å²) in [5.41, 5.74) is -1.96. The highest BCUT2D eigenvalue weighted by Crippen LogP contribution is 2.36. The van der Waals surface area contributed by atoms with Crippen molar-refractivity contribution in [1.82, 2.24) is 15.1 Å². The summed E-state index contributed by atoms with van der Waals surface area (Å²) in [6.07, 6.45) is -2.74. The predicted octanol–water partition coefficient (Wildman–Crippen LogP) is 4.27. The SMILES string of the molecule is CC(C)N(C)[C@@H]1CC[C@H](N2CC[C@H](NC(=O)c3ccc(F)c(C(F)(F)F)c3)C2=O)[C@H](CS(=O)(=O)C(C)(C)C)C1. The van der Waals surface area contributed by atoms with Gasteiger partial charge in [-0.05, 0) is 91.5 Å². The molecule has 220 valence electrons. The van der Waals surface area contributed by atoms with Gasteiger partial charge >= 0.3 is 6.18 Å². The fourth-order valence-corrected chi connectivity index (χ4v) is 6.85. The molecule has 1 aliphatic heterocycles. The Balaban J connectivity index is 1.79. The maximum atomic E-state index is 13.6. The van der Waals surface area contributed by atoms with E-state index in [1.54, 1.807) is 25.7 Å². The summed E-state index contributed by atoms with van der Waals surface area (Å²) in [5.74, 6) is -3.16. The number of alkyl halides is 3. The second-order valence-corrected chi connectivity index (χ2v) is 14.8. The van der Waals surface area contributed by atoms with Crippen LogP contribution in [0.25, 0.3) is 0 Å². The van der Waals surface area contributed by atoms with Gasteiger partial charge in [0.1, 0.15) is 11.9 Å². The first-order valence-electron chi connectivity index (χ1n) is 13.3. The molecule has 2 aliphatic rings. The van der Waals surface area contributed by atoms with E-state index in [0.29, 0.717) is 31.5 Å². The maximum absolute atomic E-state index is 13.6. The minimum absolute atomic E-state index is 0.0692. The molecular formula is C27H39F4N3O4S. The van der Waals surface area contributed by atoms with Crippen molar-refractivity contribution in [3.05, 3.63) is 35.1 Å². The Morgan fingerprint density at radius 2 is 1.79 bits per heavy atom. The lowest BCUT2D eigenvalue weighted by Crippen LogP contribution is -2.53. The molecule has 2 fully saturated rings. The zero-order chi connectivity index (χ0) is 29.5. The molecule has 0 unspecified atom stereocenters. The molecule has 0 bridgehead atoms. The lowest BCUT2D eigenvalue weighted by molar-refractivity contribution is -0.140. The Kier molecular flexibility index (Phi) is 9.11. The van der Waals surface area contributed by atoms with Crippen molar-refractivity contribution in [3.63, 3.8) is 0 Å². The number of carbonyl (C=O) groups excluding carboxylic acids is 2. The number of amides is 2. The zero-order valence-corrected chi connectivity index (χ0v) is 24.1. The predicted molar refractivity (Wildman–Crippen MR) is 140 cm³/mol. The quantitative estimate of drug-likeness (QED) is 0.490. The topological polar surface area (TPSA) is 86.8 Å². The van der Waals surface area contributed by atoms with Gasteiger partial charge in [-0.2, -0.15) is 13.2 Å². The number of hydrogen-bond acceptors (Lipinski definition) is 5. The van der Waals surface area contributed by atoms with E-state index >= 15 is 0 Å². The third-order valence-corrected chi connectivity index (χ3v) is 10.9. The van der Waals surface area contributed by atoms with Crippen LogP contribution in [0.15, 0.2) is 18.2 Å². The second kappa shape index (κ2) is 11.3. The Hall–Kier alpha value is -2.21. The molecule has 0 spiro atoms. The number of halogens is 4. The van der Waals surface area contributed by atoms with Gasteiger partial charge in [-0.15, -0.1) is 0 Å². The van der Waals surface area contributed by atoms with Crippen LogP contribution in [0, 0.1) is 11.7 Å². The van der Waals surface area contributed by atoms with E-state index in [1.165, 1.54) is 0 Å². The van der Waals surface area contributed by atoms with Crippen molar-refractivity contribution >= 4 is 21.7 Å². The van der Waals surface area contributed by atoms with Crippen molar-refractivity contribution in [2.75, 3.05) is 19.3 Å². The fraction of sp³-hybridized carbons (Fsp3) is 0.704. The number of benzene rings is 1. The number of hydrogen-bond donors (Lipinski definition) is 1. The summed E-state index contributed by atoms with van der Waals surface area (Å²) in [6.45, 7) is 9.41. The van der Waals surface area contributed by atoms with Crippen LogP contribution in [0.2, 0.25) is 0 Å². The zero-order valence-electron chi connectivity index (χ0n) is 23.3. The van der Waals surface area contributed by atoms with Crippen LogP contribution in [0.4, 0.5) is 17.6 Å². The third kappa shape index (κ3) is 6.93. The second-order valence-electron chi connectivity index (χ2n) is 12.0. The van der Waals surface area contributed by atoms with Gasteiger partial charge in [-0.25, -0.2) is 12.8 Å². The molecule has 1 N–H and O–H groups in total. The van der Waals surface area contributed by atoms with Gasteiger partial charge in [0.15, 0.2) is 9.84 Å². The number of carbonyl (C=O) groups is 2. The summed E-state index contributed by atoms with van der Waals surface area (Å²) in [6, 6.07) is 1.08. The summed E-state index contributed by atoms with van der Waals surface area (Å²) < 4.78 is 78.3. The number of sulfone groups is 1. The number of rotatable bonds is 7. The lowest BCUT2D eigenvalue weighted by atomic mass is 9.81. The summed E-state index contributed by atoms with van der Waals surface area (Å²) in [5, 5.41) is 2.49. The van der Waals surface area contributed by atoms with Crippen LogP contribution in [-0.2, 0) is 20.8 Å². The molecular weight excluding hydrogens is 538 g/mol. The van der Waals surface area contributed by atoms with Crippen LogP contribution < -0.4 is 5.32 Å². The smallest absolute Gasteiger partial charge is 0.340 e. The standard InChI is InChI=1S/C27H39F4N3O4S/c1-16(2)33(6)19-8-10-23(18(13-19)15-39(37,38)26(3,4)5)34-12-11-22(25(34)36)32-24(35)17-7-9-21(28)20(14-17)27(29,30)31/h7,9,14,16,18-19,22-23H,8,10-13,15H2,1-6H3,(H,32,35)/t18-,19+,22-,23-/m0/s1. The molecule has 1 aliphatic carbocycles. The Morgan fingerprint density at radius 3 is 2.36 bits per heavy atom. The maximum Gasteiger partial charge on any atom is 0.419 e. The molecule has 39 heavy (non-hydrogen) atoms. The number of nitrogens with zero attached hydrogens (tertiary/aromatic N) is 2. The van der Waals surface area contributed by atoms with Crippen molar-refractivity contribution in [2.45, 2.75) is 95.4 Å². The monoisotopic (exact) mass is 577 g/mol. The van der Waals surface area contributed by atoms with Crippen molar-refractivity contribution < 1.29 is 35.6 Å². The minimum Gasteiger partial charge on any atom is -0.340 e. The van der Waals surface area contributed by atoms with Gasteiger partial charge in [-0.3, -0.25) is 9.59 Å². The molecule has 3 rings (SSSR count). The highest BCUT2D eigenvalue weighted by Gasteiger charge is 2.45. The molecule has 1 saturated carbocycles. The number of likely N-dealkylation sites (tertiary alicyclic amines) is 1. The first-order chi connectivity index (χ1) is 17.8. The minimum atomic E-state index is -4.97. The summed E-state index contributed by atoms with van der Waals surface area (Å²) in [7, 11) is -1.47. The highest BCUT2D eigenvalue weighted by molar-refractivity contribution is 7.92. The molecule has 4 atom stereocenters. The fourth-order valence-electron chi connectivity index (χ4n) is 5.43. The van der Waals surface area contributed by atoms with Crippen LogP contribution >= 0.6 is 0 Å². The van der Waals surface area contributed by atoms with E-state index in [1.807, 2.05) is 7.05 Å². The molecule has 1 aromatic carbocycles. The van der Waals surface area contributed by atoms with E-state index in [9.17, 15) is 35.6 Å². The van der Waals surface area contributed by atoms with Gasteiger partial charge in [0.25, 0.3) is 5.91 Å². The van der Waals surface area contributed by atoms with Crippen LogP contribution in [0.1, 0.15) is 76.2 Å². The summed E-state index contributed by atoms with van der Waals surface area (Å²) >= 11 is 0. The molecule has 2 amide bonds. The highest BCUT2D eigenvalue weighted by atomic mass is 32.2. The van der Waals surface area contributed by atoms with E-state index < -0.39 is 49.7 Å². The van der Waals surface area contributed by atoms with E-state index in [-0.39, 0.29) is 42.1 Å². The van der Waals surface area contributed by atoms with Crippen LogP contribution in [0.5, 0.6) is 0 Å². The van der Waals surface area contributed by atoms with Gasteiger partial charge in [0.05, 0.1) is 16.1 Å². The largest absolute Gasteiger partial charge is 0.419 e. The lowest BCUT2D eigenvalue weighted by Gasteiger charge is -2.45. The molecule has 0 radical (unpaired) electrons. The first-order valence-corrected chi connectivity index (χ1v) is 14.9. The third-order valence-electron chi connectivity index (χ3n) is 8.15. The van der Waals surface area contributed by atoms with Gasteiger partial charge in [-0.1, -0.05) is 0 Å². The van der Waals surface area contributed by atoms with E-state index in [2.05, 4.69) is 24.1 Å². The van der Waals surface area contributed by atoms with Crippen LogP contribution in [0.3, 0.4) is 0 Å². The average Bonchev–Trinajstić information content (AvgIpc) is 3.16. The van der Waals surface area contributed by atoms with Gasteiger partial charge < -0.3 is 15.1 Å². The van der Waals surface area contributed by atoms with Crippen molar-refractivity contribution in [1.29, 1.82) is 0 Å². The Morgan fingerprint density at radius 1 is 1.15 bits per heavy atom. The Bertz CT molecular complexity index is 1180.